The second kappa shape index (κ2) is 18.2. The van der Waals surface area contributed by atoms with E-state index in [0.29, 0.717) is 68.2 Å². The number of aromatic nitrogens is 3. The summed E-state index contributed by atoms with van der Waals surface area (Å²) in [6.07, 6.45) is 3.54. The first-order chi connectivity index (χ1) is 27.0. The van der Waals surface area contributed by atoms with Gasteiger partial charge < -0.3 is 34.6 Å². The Kier molecular flexibility index (Phi) is 12.9. The summed E-state index contributed by atoms with van der Waals surface area (Å²) in [4.78, 5) is 41.2. The highest BCUT2D eigenvalue weighted by atomic mass is 19.1. The second-order valence-corrected chi connectivity index (χ2v) is 13.0. The molecule has 2 aromatic carbocycles. The fraction of sp³-hybridized carbons (Fsp3) is 0.325. The van der Waals surface area contributed by atoms with Crippen molar-refractivity contribution in [3.8, 4) is 11.4 Å². The molecule has 3 aromatic heterocycles. The van der Waals surface area contributed by atoms with Gasteiger partial charge in [-0.05, 0) is 51.1 Å². The van der Waals surface area contributed by atoms with Crippen LogP contribution < -0.4 is 20.4 Å². The maximum atomic E-state index is 15.3. The monoisotopic (exact) mass is 775 g/mol. The molecule has 0 aliphatic carbocycles. The van der Waals surface area contributed by atoms with Gasteiger partial charge in [-0.1, -0.05) is 6.07 Å². The van der Waals surface area contributed by atoms with Gasteiger partial charge in [-0.15, -0.1) is 0 Å². The Bertz CT molecular complexity index is 2160. The quantitative estimate of drug-likeness (QED) is 0.0932. The lowest BCUT2D eigenvalue weighted by Crippen LogP contribution is -2.38. The van der Waals surface area contributed by atoms with E-state index in [4.69, 9.17) is 14.5 Å². The maximum Gasteiger partial charge on any atom is 0.318 e. The molecule has 1 atom stereocenters. The molecule has 294 valence electrons. The summed E-state index contributed by atoms with van der Waals surface area (Å²) in [6, 6.07) is 12.3. The highest BCUT2D eigenvalue weighted by Gasteiger charge is 2.25. The van der Waals surface area contributed by atoms with Crippen molar-refractivity contribution in [2.75, 3.05) is 79.6 Å². The Morgan fingerprint density at radius 1 is 0.875 bits per heavy atom. The Morgan fingerprint density at radius 2 is 1.54 bits per heavy atom. The zero-order valence-electron chi connectivity index (χ0n) is 31.1. The fourth-order valence-electron chi connectivity index (χ4n) is 6.26. The van der Waals surface area contributed by atoms with Crippen LogP contribution in [0.15, 0.2) is 67.0 Å². The Morgan fingerprint density at radius 3 is 2.18 bits per heavy atom. The summed E-state index contributed by atoms with van der Waals surface area (Å²) in [6.45, 7) is 10.4. The van der Waals surface area contributed by atoms with E-state index < -0.39 is 41.1 Å². The van der Waals surface area contributed by atoms with Crippen LogP contribution in [0.1, 0.15) is 19.4 Å². The molecule has 5 aromatic rings. The number of nitrogens with one attached hydrogen (secondary N) is 2. The number of pyridine rings is 3. The minimum Gasteiger partial charge on any atom is -0.465 e. The number of amides is 1. The third-order valence-corrected chi connectivity index (χ3v) is 9.12. The molecule has 2 N–H and O–H groups in total. The van der Waals surface area contributed by atoms with Crippen LogP contribution in [-0.2, 0) is 23.8 Å². The number of fused-ring (bicyclic) bond motifs is 1. The zero-order valence-corrected chi connectivity index (χ0v) is 31.1. The van der Waals surface area contributed by atoms with Crippen LogP contribution in [0.5, 0.6) is 0 Å². The number of anilines is 5. The number of benzene rings is 2. The predicted octanol–water partition coefficient (Wildman–Crippen LogP) is 6.80. The lowest BCUT2D eigenvalue weighted by molar-refractivity contribution is -0.150. The van der Waals surface area contributed by atoms with E-state index in [9.17, 15) is 22.8 Å². The third kappa shape index (κ3) is 9.49. The summed E-state index contributed by atoms with van der Waals surface area (Å²) in [7, 11) is 0. The van der Waals surface area contributed by atoms with Gasteiger partial charge in [0.05, 0.1) is 78.6 Å². The molecule has 1 unspecified atom stereocenters. The average molecular weight is 776 g/mol. The Balaban J connectivity index is 0.000000249. The number of rotatable bonds is 9. The van der Waals surface area contributed by atoms with E-state index in [1.165, 1.54) is 13.0 Å². The molecule has 0 radical (unpaired) electrons. The van der Waals surface area contributed by atoms with Gasteiger partial charge in [-0.2, -0.15) is 0 Å². The molecule has 7 rings (SSSR count). The molecule has 2 aliphatic rings. The van der Waals surface area contributed by atoms with Gasteiger partial charge in [0.2, 0.25) is 5.91 Å². The molecule has 5 heterocycles. The highest BCUT2D eigenvalue weighted by Crippen LogP contribution is 2.39. The number of halogens is 4. The summed E-state index contributed by atoms with van der Waals surface area (Å²) in [5.41, 5.74) is 4.21. The van der Waals surface area contributed by atoms with E-state index in [1.807, 2.05) is 37.4 Å². The first kappa shape index (κ1) is 39.8. The fourth-order valence-corrected chi connectivity index (χ4v) is 6.26. The smallest absolute Gasteiger partial charge is 0.318 e. The molecular weight excluding hydrogens is 734 g/mol. The molecule has 2 saturated heterocycles. The van der Waals surface area contributed by atoms with Crippen molar-refractivity contribution in [1.29, 1.82) is 0 Å². The van der Waals surface area contributed by atoms with E-state index in [2.05, 4.69) is 35.1 Å². The van der Waals surface area contributed by atoms with Crippen molar-refractivity contribution in [2.45, 2.75) is 20.8 Å². The first-order valence-corrected chi connectivity index (χ1v) is 18.1. The van der Waals surface area contributed by atoms with Crippen LogP contribution >= 0.6 is 0 Å². The van der Waals surface area contributed by atoms with Gasteiger partial charge in [-0.25, -0.2) is 27.5 Å². The molecule has 0 saturated carbocycles. The summed E-state index contributed by atoms with van der Waals surface area (Å²) >= 11 is 0. The van der Waals surface area contributed by atoms with E-state index >= 15 is 4.39 Å². The van der Waals surface area contributed by atoms with Crippen LogP contribution in [0.3, 0.4) is 0 Å². The minimum atomic E-state index is -1.05. The number of ether oxygens (including phenoxy) is 3. The SMILES string of the molecule is CCOC(=O)C(C)C(=O)Nc1cc(F)cc(F)c1.Cc1c(-c2ccccn2)nc2cc(F)cc(F)c2c1Nc1cc(N2CCOCC2)cnc1N1CCOCC1. The number of hydrogen-bond donors (Lipinski definition) is 2. The summed E-state index contributed by atoms with van der Waals surface area (Å²) in [5, 5.41) is 5.96. The number of carbonyl (C=O) groups excluding carboxylic acids is 2. The number of morpholine rings is 2. The largest absolute Gasteiger partial charge is 0.465 e. The molecule has 16 heteroatoms. The minimum absolute atomic E-state index is 0.0475. The van der Waals surface area contributed by atoms with Gasteiger partial charge >= 0.3 is 5.97 Å². The van der Waals surface area contributed by atoms with Crippen molar-refractivity contribution >= 4 is 51.3 Å². The van der Waals surface area contributed by atoms with Crippen molar-refractivity contribution < 1.29 is 41.4 Å². The summed E-state index contributed by atoms with van der Waals surface area (Å²) < 4.78 is 71.1. The Labute approximate surface area is 320 Å². The molecular formula is C40H41F4N7O5. The standard InChI is InChI=1S/C28H28F2N6O2.C12H13F2NO3/c1-18-26(22-4-2-3-5-31-22)33-23-15-19(29)14-21(30)25(23)27(18)34-24-16-20(35-6-10-37-11-7-35)17-32-28(24)36-8-12-38-13-9-36;1-3-18-12(17)7(2)11(16)15-10-5-8(13)4-9(14)6-10/h2-5,14-17H,6-13H2,1H3,(H,33,34);4-7H,3H2,1-2H3,(H,15,16). The average Bonchev–Trinajstić information content (AvgIpc) is 3.19. The van der Waals surface area contributed by atoms with E-state index in [0.717, 1.165) is 48.5 Å². The van der Waals surface area contributed by atoms with E-state index in [-0.39, 0.29) is 23.2 Å². The molecule has 0 bridgehead atoms. The van der Waals surface area contributed by atoms with Crippen molar-refractivity contribution in [3.63, 3.8) is 0 Å². The second-order valence-electron chi connectivity index (χ2n) is 13.0. The van der Waals surface area contributed by atoms with Crippen molar-refractivity contribution in [2.24, 2.45) is 5.92 Å². The van der Waals surface area contributed by atoms with Gasteiger partial charge in [0.25, 0.3) is 0 Å². The first-order valence-electron chi connectivity index (χ1n) is 18.1. The number of nitrogens with zero attached hydrogens (tertiary/aromatic N) is 5. The lowest BCUT2D eigenvalue weighted by atomic mass is 10.0. The Hall–Kier alpha value is -5.87. The number of esters is 1. The zero-order chi connectivity index (χ0) is 39.8. The number of hydrogen-bond acceptors (Lipinski definition) is 11. The number of carbonyl (C=O) groups is 2. The molecule has 0 spiro atoms. The lowest BCUT2D eigenvalue weighted by Gasteiger charge is -2.32. The molecule has 56 heavy (non-hydrogen) atoms. The van der Waals surface area contributed by atoms with Gasteiger partial charge in [0.1, 0.15) is 29.2 Å². The molecule has 12 nitrogen and oxygen atoms in total. The van der Waals surface area contributed by atoms with Crippen LogP contribution in [-0.4, -0.2) is 86.0 Å². The maximum absolute atomic E-state index is 15.3. The molecule has 2 fully saturated rings. The van der Waals surface area contributed by atoms with Crippen LogP contribution in [0.25, 0.3) is 22.3 Å². The van der Waals surface area contributed by atoms with E-state index in [1.54, 1.807) is 13.1 Å². The topological polar surface area (TPSA) is 131 Å². The molecule has 2 aliphatic heterocycles. The predicted molar refractivity (Wildman–Crippen MR) is 204 cm³/mol. The van der Waals surface area contributed by atoms with Crippen LogP contribution in [0, 0.1) is 36.1 Å². The van der Waals surface area contributed by atoms with Gasteiger partial charge in [-0.3, -0.25) is 14.6 Å². The van der Waals surface area contributed by atoms with Crippen molar-refractivity contribution in [1.82, 2.24) is 15.0 Å². The van der Waals surface area contributed by atoms with Crippen LogP contribution in [0.2, 0.25) is 0 Å². The van der Waals surface area contributed by atoms with Crippen molar-refractivity contribution in [3.05, 3.63) is 95.8 Å². The van der Waals surface area contributed by atoms with Crippen LogP contribution in [0.4, 0.5) is 46.1 Å². The van der Waals surface area contributed by atoms with Gasteiger partial charge in [0.15, 0.2) is 5.82 Å². The third-order valence-electron chi connectivity index (χ3n) is 9.12. The highest BCUT2D eigenvalue weighted by molar-refractivity contribution is 6.04. The van der Waals surface area contributed by atoms with Gasteiger partial charge in [0, 0.05) is 61.8 Å². The molecule has 1 amide bonds. The summed E-state index contributed by atoms with van der Waals surface area (Å²) in [5.74, 6) is -4.66. The normalized spacial score (nSPS) is 14.8.